The van der Waals surface area contributed by atoms with Gasteiger partial charge in [-0.2, -0.15) is 0 Å². The number of hydrogen-bond donors (Lipinski definition) is 0. The van der Waals surface area contributed by atoms with Gasteiger partial charge in [0.05, 0.1) is 12.0 Å². The molecule has 0 unspecified atom stereocenters. The fourth-order valence-electron chi connectivity index (χ4n) is 2.03. The van der Waals surface area contributed by atoms with E-state index in [0.29, 0.717) is 29.1 Å². The van der Waals surface area contributed by atoms with Crippen LogP contribution in [0.15, 0.2) is 64.0 Å². The van der Waals surface area contributed by atoms with Crippen LogP contribution in [-0.4, -0.2) is 6.61 Å². The maximum absolute atomic E-state index is 12.4. The summed E-state index contributed by atoms with van der Waals surface area (Å²) in [5.41, 5.74) is 0.273. The first kappa shape index (κ1) is 13.2. The van der Waals surface area contributed by atoms with Crippen LogP contribution < -0.4 is 14.9 Å². The molecule has 0 N–H and O–H groups in total. The molecule has 0 radical (unpaired) electrons. The van der Waals surface area contributed by atoms with Crippen molar-refractivity contribution >= 4 is 11.0 Å². The molecule has 0 aliphatic heterocycles. The van der Waals surface area contributed by atoms with Gasteiger partial charge in [0.25, 0.3) is 0 Å². The molecule has 0 bridgehead atoms. The van der Waals surface area contributed by atoms with Gasteiger partial charge in [-0.15, -0.1) is 0 Å². The second-order valence-corrected chi connectivity index (χ2v) is 4.44. The van der Waals surface area contributed by atoms with Crippen LogP contribution in [0.25, 0.3) is 11.0 Å². The second kappa shape index (κ2) is 5.71. The Bertz CT molecular complexity index is 806. The Labute approximate surface area is 121 Å². The first-order chi connectivity index (χ1) is 10.3. The lowest BCUT2D eigenvalue weighted by Crippen LogP contribution is -2.05. The van der Waals surface area contributed by atoms with Crippen LogP contribution in [0.2, 0.25) is 0 Å². The highest BCUT2D eigenvalue weighted by atomic mass is 16.5. The van der Waals surface area contributed by atoms with Crippen LogP contribution in [0.3, 0.4) is 0 Å². The van der Waals surface area contributed by atoms with E-state index in [4.69, 9.17) is 13.9 Å². The van der Waals surface area contributed by atoms with Gasteiger partial charge >= 0.3 is 0 Å². The molecule has 1 aromatic heterocycles. The number of rotatable bonds is 4. The molecule has 0 aliphatic rings. The standard InChI is InChI=1S/C17H14O4/c1-2-19-13-8-9-14-15(10-13)20-11-16(17(14)18)21-12-6-4-3-5-7-12/h3-11H,2H2,1H3. The second-order valence-electron chi connectivity index (χ2n) is 4.44. The lowest BCUT2D eigenvalue weighted by atomic mass is 10.2. The number of benzene rings is 2. The molecule has 3 aromatic rings. The quantitative estimate of drug-likeness (QED) is 0.726. The Morgan fingerprint density at radius 3 is 2.62 bits per heavy atom. The van der Waals surface area contributed by atoms with Crippen molar-refractivity contribution in [2.24, 2.45) is 0 Å². The van der Waals surface area contributed by atoms with Crippen molar-refractivity contribution < 1.29 is 13.9 Å². The molecular formula is C17H14O4. The Kier molecular flexibility index (Phi) is 3.60. The van der Waals surface area contributed by atoms with Gasteiger partial charge in [0, 0.05) is 6.07 Å². The minimum atomic E-state index is -0.205. The van der Waals surface area contributed by atoms with E-state index in [1.807, 2.05) is 25.1 Å². The Morgan fingerprint density at radius 1 is 1.05 bits per heavy atom. The lowest BCUT2D eigenvalue weighted by Gasteiger charge is -2.06. The summed E-state index contributed by atoms with van der Waals surface area (Å²) in [7, 11) is 0. The van der Waals surface area contributed by atoms with Gasteiger partial charge in [0.1, 0.15) is 23.3 Å². The maximum Gasteiger partial charge on any atom is 0.235 e. The molecule has 0 atom stereocenters. The van der Waals surface area contributed by atoms with Gasteiger partial charge in [-0.25, -0.2) is 0 Å². The van der Waals surface area contributed by atoms with E-state index in [1.54, 1.807) is 30.3 Å². The summed E-state index contributed by atoms with van der Waals surface area (Å²) in [5, 5.41) is 0.465. The predicted octanol–water partition coefficient (Wildman–Crippen LogP) is 3.98. The molecular weight excluding hydrogens is 268 g/mol. The molecule has 4 heteroatoms. The molecule has 0 saturated heterocycles. The third kappa shape index (κ3) is 2.74. The molecule has 21 heavy (non-hydrogen) atoms. The monoisotopic (exact) mass is 282 g/mol. The van der Waals surface area contributed by atoms with Gasteiger partial charge in [-0.05, 0) is 31.2 Å². The van der Waals surface area contributed by atoms with Gasteiger partial charge in [0.2, 0.25) is 11.2 Å². The summed E-state index contributed by atoms with van der Waals surface area (Å²) in [4.78, 5) is 12.4. The van der Waals surface area contributed by atoms with Crippen LogP contribution in [0, 0.1) is 0 Å². The van der Waals surface area contributed by atoms with Crippen LogP contribution >= 0.6 is 0 Å². The van der Waals surface area contributed by atoms with Crippen molar-refractivity contribution in [2.45, 2.75) is 6.92 Å². The number of para-hydroxylation sites is 1. The van der Waals surface area contributed by atoms with E-state index < -0.39 is 0 Å². The molecule has 0 aliphatic carbocycles. The SMILES string of the molecule is CCOc1ccc2c(=O)c(Oc3ccccc3)coc2c1. The van der Waals surface area contributed by atoms with Crippen LogP contribution in [0.5, 0.6) is 17.2 Å². The van der Waals surface area contributed by atoms with E-state index in [9.17, 15) is 4.79 Å². The highest BCUT2D eigenvalue weighted by molar-refractivity contribution is 5.79. The van der Waals surface area contributed by atoms with Crippen molar-refractivity contribution in [2.75, 3.05) is 6.61 Å². The Morgan fingerprint density at radius 2 is 1.86 bits per heavy atom. The minimum absolute atomic E-state index is 0.165. The molecule has 0 fully saturated rings. The fourth-order valence-corrected chi connectivity index (χ4v) is 2.03. The zero-order valence-corrected chi connectivity index (χ0v) is 11.5. The highest BCUT2D eigenvalue weighted by Gasteiger charge is 2.10. The summed E-state index contributed by atoms with van der Waals surface area (Å²) >= 11 is 0. The van der Waals surface area contributed by atoms with E-state index in [2.05, 4.69) is 0 Å². The molecule has 4 nitrogen and oxygen atoms in total. The highest BCUT2D eigenvalue weighted by Crippen LogP contribution is 2.23. The molecule has 106 valence electrons. The molecule has 0 amide bonds. The van der Waals surface area contributed by atoms with Gasteiger partial charge in [0.15, 0.2) is 0 Å². The van der Waals surface area contributed by atoms with E-state index in [0.717, 1.165) is 0 Å². The molecule has 2 aromatic carbocycles. The number of ether oxygens (including phenoxy) is 2. The first-order valence-corrected chi connectivity index (χ1v) is 6.69. The largest absolute Gasteiger partial charge is 0.494 e. The lowest BCUT2D eigenvalue weighted by molar-refractivity contribution is 0.340. The van der Waals surface area contributed by atoms with E-state index in [1.165, 1.54) is 6.26 Å². The Balaban J connectivity index is 2.00. The van der Waals surface area contributed by atoms with Crippen molar-refractivity contribution in [1.82, 2.24) is 0 Å². The van der Waals surface area contributed by atoms with Crippen molar-refractivity contribution in [3.05, 3.63) is 65.0 Å². The van der Waals surface area contributed by atoms with Crippen molar-refractivity contribution in [1.29, 1.82) is 0 Å². The van der Waals surface area contributed by atoms with Gasteiger partial charge < -0.3 is 13.9 Å². The van der Waals surface area contributed by atoms with Crippen LogP contribution in [0.4, 0.5) is 0 Å². The Hall–Kier alpha value is -2.75. The minimum Gasteiger partial charge on any atom is -0.494 e. The average Bonchev–Trinajstić information content (AvgIpc) is 2.52. The number of fused-ring (bicyclic) bond motifs is 1. The molecule has 0 spiro atoms. The maximum atomic E-state index is 12.4. The summed E-state index contributed by atoms with van der Waals surface area (Å²) in [6.07, 6.45) is 1.33. The summed E-state index contributed by atoms with van der Waals surface area (Å²) < 4.78 is 16.4. The van der Waals surface area contributed by atoms with E-state index >= 15 is 0 Å². The van der Waals surface area contributed by atoms with Crippen LogP contribution in [0.1, 0.15) is 6.92 Å². The normalized spacial score (nSPS) is 10.5. The third-order valence-electron chi connectivity index (χ3n) is 3.00. The van der Waals surface area contributed by atoms with E-state index in [-0.39, 0.29) is 11.2 Å². The van der Waals surface area contributed by atoms with Crippen molar-refractivity contribution in [3.8, 4) is 17.2 Å². The van der Waals surface area contributed by atoms with Gasteiger partial charge in [-0.1, -0.05) is 18.2 Å². The smallest absolute Gasteiger partial charge is 0.235 e. The number of hydrogen-bond acceptors (Lipinski definition) is 4. The zero-order chi connectivity index (χ0) is 14.7. The molecule has 0 saturated carbocycles. The third-order valence-corrected chi connectivity index (χ3v) is 3.00. The summed E-state index contributed by atoms with van der Waals surface area (Å²) in [5.74, 6) is 1.43. The summed E-state index contributed by atoms with van der Waals surface area (Å²) in [6.45, 7) is 2.46. The molecule has 3 rings (SSSR count). The zero-order valence-electron chi connectivity index (χ0n) is 11.5. The average molecular weight is 282 g/mol. The summed E-state index contributed by atoms with van der Waals surface area (Å²) in [6, 6.07) is 14.2. The van der Waals surface area contributed by atoms with Crippen LogP contribution in [-0.2, 0) is 0 Å². The first-order valence-electron chi connectivity index (χ1n) is 6.69. The topological polar surface area (TPSA) is 48.7 Å². The van der Waals surface area contributed by atoms with Gasteiger partial charge in [-0.3, -0.25) is 4.79 Å². The van der Waals surface area contributed by atoms with Crippen molar-refractivity contribution in [3.63, 3.8) is 0 Å². The molecule has 1 heterocycles. The predicted molar refractivity (Wildman–Crippen MR) is 80.2 cm³/mol. The fraction of sp³-hybridized carbons (Fsp3) is 0.118.